The van der Waals surface area contributed by atoms with Crippen molar-refractivity contribution in [1.82, 2.24) is 10.6 Å². The Morgan fingerprint density at radius 1 is 1.27 bits per heavy atom. The third-order valence-electron chi connectivity index (χ3n) is 3.05. The predicted molar refractivity (Wildman–Crippen MR) is 64.3 cm³/mol. The molecule has 3 atom stereocenters. The second-order valence-electron chi connectivity index (χ2n) is 4.50. The van der Waals surface area contributed by atoms with Crippen molar-refractivity contribution in [2.45, 2.75) is 63.8 Å². The number of rotatable bonds is 4. The first-order chi connectivity index (χ1) is 7.26. The maximum atomic E-state index is 5.97. The van der Waals surface area contributed by atoms with Crippen molar-refractivity contribution in [1.29, 1.82) is 0 Å². The van der Waals surface area contributed by atoms with E-state index < -0.39 is 0 Å². The van der Waals surface area contributed by atoms with Crippen LogP contribution in [0.3, 0.4) is 0 Å². The molecule has 0 spiro atoms. The maximum Gasteiger partial charge on any atom is 0.0586 e. The zero-order valence-corrected chi connectivity index (χ0v) is 9.84. The molecule has 90 valence electrons. The van der Waals surface area contributed by atoms with Crippen LogP contribution in [0.5, 0.6) is 0 Å². The largest absolute Gasteiger partial charge is 0.329 e. The molecular formula is C11H26N4. The topological polar surface area (TPSA) is 76.1 Å². The number of nitrogens with two attached hydrogens (primary N) is 2. The standard InChI is InChI=1S/C11H26N4/c1-2-3-7-11-14-9(8-12)5-4-6-10(13)15-11/h9-11,14-15H,2-8,12-13H2,1H3. The Labute approximate surface area is 93.2 Å². The van der Waals surface area contributed by atoms with Crippen molar-refractivity contribution >= 4 is 0 Å². The first kappa shape index (κ1) is 12.9. The summed E-state index contributed by atoms with van der Waals surface area (Å²) >= 11 is 0. The predicted octanol–water partition coefficient (Wildman–Crippen LogP) is 0.478. The molecule has 0 amide bonds. The van der Waals surface area contributed by atoms with Gasteiger partial charge in [0.05, 0.1) is 12.3 Å². The van der Waals surface area contributed by atoms with Gasteiger partial charge in [-0.1, -0.05) is 19.8 Å². The van der Waals surface area contributed by atoms with E-state index in [0.717, 1.165) is 32.2 Å². The zero-order chi connectivity index (χ0) is 11.1. The maximum absolute atomic E-state index is 5.97. The molecule has 1 heterocycles. The smallest absolute Gasteiger partial charge is 0.0586 e. The van der Waals surface area contributed by atoms with Gasteiger partial charge >= 0.3 is 0 Å². The number of unbranched alkanes of at least 4 members (excludes halogenated alkanes) is 1. The molecule has 0 aromatic rings. The van der Waals surface area contributed by atoms with Gasteiger partial charge in [0.2, 0.25) is 0 Å². The Kier molecular flexibility index (Phi) is 6.17. The summed E-state index contributed by atoms with van der Waals surface area (Å²) in [4.78, 5) is 0. The van der Waals surface area contributed by atoms with Crippen LogP contribution < -0.4 is 22.1 Å². The van der Waals surface area contributed by atoms with E-state index >= 15 is 0 Å². The SMILES string of the molecule is CCCCC1NC(N)CCCC(CN)N1. The molecule has 4 nitrogen and oxygen atoms in total. The van der Waals surface area contributed by atoms with Gasteiger partial charge in [-0.25, -0.2) is 0 Å². The molecule has 1 rings (SSSR count). The molecule has 1 fully saturated rings. The molecule has 4 heteroatoms. The molecule has 3 unspecified atom stereocenters. The number of hydrogen-bond acceptors (Lipinski definition) is 4. The van der Waals surface area contributed by atoms with Crippen LogP contribution >= 0.6 is 0 Å². The molecule has 1 aliphatic rings. The number of hydrogen-bond donors (Lipinski definition) is 4. The molecule has 0 bridgehead atoms. The van der Waals surface area contributed by atoms with Gasteiger partial charge in [0, 0.05) is 12.6 Å². The van der Waals surface area contributed by atoms with Crippen LogP contribution in [0.2, 0.25) is 0 Å². The third-order valence-corrected chi connectivity index (χ3v) is 3.05. The molecule has 0 saturated carbocycles. The van der Waals surface area contributed by atoms with Crippen LogP contribution in [0.1, 0.15) is 45.4 Å². The lowest BCUT2D eigenvalue weighted by Crippen LogP contribution is -2.56. The summed E-state index contributed by atoms with van der Waals surface area (Å²) in [7, 11) is 0. The van der Waals surface area contributed by atoms with Crippen LogP contribution in [0.25, 0.3) is 0 Å². The van der Waals surface area contributed by atoms with Crippen molar-refractivity contribution in [3.63, 3.8) is 0 Å². The van der Waals surface area contributed by atoms with E-state index in [-0.39, 0.29) is 6.17 Å². The van der Waals surface area contributed by atoms with E-state index in [1.165, 1.54) is 12.8 Å². The summed E-state index contributed by atoms with van der Waals surface area (Å²) in [6.45, 7) is 2.93. The van der Waals surface area contributed by atoms with Gasteiger partial charge in [-0.05, 0) is 25.7 Å². The summed E-state index contributed by atoms with van der Waals surface area (Å²) in [5.41, 5.74) is 11.7. The Morgan fingerprint density at radius 2 is 2.07 bits per heavy atom. The van der Waals surface area contributed by atoms with Crippen molar-refractivity contribution in [3.8, 4) is 0 Å². The third kappa shape index (κ3) is 4.93. The van der Waals surface area contributed by atoms with Gasteiger partial charge in [-0.15, -0.1) is 0 Å². The zero-order valence-electron chi connectivity index (χ0n) is 9.84. The van der Waals surface area contributed by atoms with E-state index in [2.05, 4.69) is 17.6 Å². The minimum atomic E-state index is 0.137. The summed E-state index contributed by atoms with van der Waals surface area (Å²) in [5, 5.41) is 6.98. The summed E-state index contributed by atoms with van der Waals surface area (Å²) in [5.74, 6) is 0. The lowest BCUT2D eigenvalue weighted by Gasteiger charge is -2.31. The van der Waals surface area contributed by atoms with Crippen LogP contribution in [0.4, 0.5) is 0 Å². The minimum Gasteiger partial charge on any atom is -0.329 e. The van der Waals surface area contributed by atoms with E-state index in [1.54, 1.807) is 0 Å². The fraction of sp³-hybridized carbons (Fsp3) is 1.00. The molecule has 0 aromatic heterocycles. The summed E-state index contributed by atoms with van der Waals surface area (Å²) in [6, 6.07) is 0.451. The molecular weight excluding hydrogens is 188 g/mol. The molecule has 1 saturated heterocycles. The quantitative estimate of drug-likeness (QED) is 0.549. The Morgan fingerprint density at radius 3 is 2.73 bits per heavy atom. The van der Waals surface area contributed by atoms with Gasteiger partial charge in [-0.3, -0.25) is 10.6 Å². The normalized spacial score (nSPS) is 33.4. The molecule has 1 aliphatic heterocycles. The van der Waals surface area contributed by atoms with Crippen LogP contribution in [-0.4, -0.2) is 24.9 Å². The molecule has 15 heavy (non-hydrogen) atoms. The summed E-state index contributed by atoms with van der Waals surface area (Å²) in [6.07, 6.45) is 7.43. The van der Waals surface area contributed by atoms with E-state index in [0.29, 0.717) is 12.2 Å². The number of nitrogens with one attached hydrogen (secondary N) is 2. The molecule has 0 radical (unpaired) electrons. The fourth-order valence-corrected chi connectivity index (χ4v) is 2.10. The highest BCUT2D eigenvalue weighted by Crippen LogP contribution is 2.09. The Hall–Kier alpha value is -0.160. The first-order valence-electron chi connectivity index (χ1n) is 6.24. The highest BCUT2D eigenvalue weighted by atomic mass is 15.2. The fourth-order valence-electron chi connectivity index (χ4n) is 2.10. The van der Waals surface area contributed by atoms with Gasteiger partial charge < -0.3 is 11.5 Å². The van der Waals surface area contributed by atoms with Crippen LogP contribution in [-0.2, 0) is 0 Å². The van der Waals surface area contributed by atoms with Gasteiger partial charge in [-0.2, -0.15) is 0 Å². The minimum absolute atomic E-state index is 0.137. The van der Waals surface area contributed by atoms with Crippen LogP contribution in [0, 0.1) is 0 Å². The Bertz CT molecular complexity index is 163. The molecule has 0 aliphatic carbocycles. The first-order valence-corrected chi connectivity index (χ1v) is 6.24. The molecule has 6 N–H and O–H groups in total. The van der Waals surface area contributed by atoms with E-state index in [9.17, 15) is 0 Å². The van der Waals surface area contributed by atoms with Gasteiger partial charge in [0.1, 0.15) is 0 Å². The molecule has 0 aromatic carbocycles. The van der Waals surface area contributed by atoms with Crippen molar-refractivity contribution in [2.24, 2.45) is 11.5 Å². The lowest BCUT2D eigenvalue weighted by atomic mass is 10.0. The van der Waals surface area contributed by atoms with Crippen molar-refractivity contribution < 1.29 is 0 Å². The van der Waals surface area contributed by atoms with E-state index in [4.69, 9.17) is 11.5 Å². The van der Waals surface area contributed by atoms with Crippen molar-refractivity contribution in [3.05, 3.63) is 0 Å². The second kappa shape index (κ2) is 7.17. The average molecular weight is 214 g/mol. The van der Waals surface area contributed by atoms with Gasteiger partial charge in [0.15, 0.2) is 0 Å². The van der Waals surface area contributed by atoms with E-state index in [1.807, 2.05) is 0 Å². The Balaban J connectivity index is 2.40. The highest BCUT2D eigenvalue weighted by Gasteiger charge is 2.19. The summed E-state index contributed by atoms with van der Waals surface area (Å²) < 4.78 is 0. The second-order valence-corrected chi connectivity index (χ2v) is 4.50. The van der Waals surface area contributed by atoms with Crippen LogP contribution in [0.15, 0.2) is 0 Å². The van der Waals surface area contributed by atoms with Gasteiger partial charge in [0.25, 0.3) is 0 Å². The average Bonchev–Trinajstić information content (AvgIpc) is 2.20. The van der Waals surface area contributed by atoms with Crippen molar-refractivity contribution in [2.75, 3.05) is 6.54 Å². The monoisotopic (exact) mass is 214 g/mol. The lowest BCUT2D eigenvalue weighted by molar-refractivity contribution is 0.270. The highest BCUT2D eigenvalue weighted by molar-refractivity contribution is 4.79.